The normalized spacial score (nSPS) is 17.1. The molecule has 1 aliphatic heterocycles. The van der Waals surface area contributed by atoms with Crippen LogP contribution in [0.5, 0.6) is 0 Å². The van der Waals surface area contributed by atoms with Gasteiger partial charge >= 0.3 is 0 Å². The van der Waals surface area contributed by atoms with Gasteiger partial charge in [-0.2, -0.15) is 0 Å². The number of nitrogens with one attached hydrogen (secondary N) is 1. The fourth-order valence-electron chi connectivity index (χ4n) is 3.10. The maximum atomic E-state index is 13.1. The molecule has 3 aromatic rings. The second kappa shape index (κ2) is 6.49. The van der Waals surface area contributed by atoms with E-state index in [1.807, 2.05) is 25.1 Å². The molecule has 26 heavy (non-hydrogen) atoms. The lowest BCUT2D eigenvalue weighted by Gasteiger charge is -2.16. The average Bonchev–Trinajstić information content (AvgIpc) is 3.20. The lowest BCUT2D eigenvalue weighted by Crippen LogP contribution is -2.28. The van der Waals surface area contributed by atoms with E-state index in [2.05, 4.69) is 10.3 Å². The van der Waals surface area contributed by atoms with Gasteiger partial charge < -0.3 is 10.2 Å². The van der Waals surface area contributed by atoms with Gasteiger partial charge in [0.15, 0.2) is 5.13 Å². The Hall–Kier alpha value is -2.80. The van der Waals surface area contributed by atoms with Crippen molar-refractivity contribution in [1.82, 2.24) is 4.98 Å². The van der Waals surface area contributed by atoms with Crippen molar-refractivity contribution in [3.05, 3.63) is 53.8 Å². The SMILES string of the molecule is Cc1cccc2sc(NC(=O)C3CC(=O)N(c4ccc(F)cc4)C3)nc12. The first-order valence-electron chi connectivity index (χ1n) is 8.24. The van der Waals surface area contributed by atoms with Crippen LogP contribution in [-0.4, -0.2) is 23.3 Å². The first kappa shape index (κ1) is 16.7. The van der Waals surface area contributed by atoms with Gasteiger partial charge in [-0.15, -0.1) is 0 Å². The van der Waals surface area contributed by atoms with Gasteiger partial charge in [-0.25, -0.2) is 9.37 Å². The quantitative estimate of drug-likeness (QED) is 0.765. The third-order valence-corrected chi connectivity index (χ3v) is 5.42. The number of nitrogens with zero attached hydrogens (tertiary/aromatic N) is 2. The molecule has 0 aliphatic carbocycles. The first-order chi connectivity index (χ1) is 12.5. The van der Waals surface area contributed by atoms with Crippen molar-refractivity contribution in [2.45, 2.75) is 13.3 Å². The van der Waals surface area contributed by atoms with E-state index in [1.165, 1.54) is 28.4 Å². The van der Waals surface area contributed by atoms with Gasteiger partial charge in [-0.3, -0.25) is 9.59 Å². The van der Waals surface area contributed by atoms with Crippen molar-refractivity contribution in [2.24, 2.45) is 5.92 Å². The number of anilines is 2. The summed E-state index contributed by atoms with van der Waals surface area (Å²) in [7, 11) is 0. The third kappa shape index (κ3) is 3.06. The molecular weight excluding hydrogens is 353 g/mol. The number of fused-ring (bicyclic) bond motifs is 1. The molecule has 1 fully saturated rings. The summed E-state index contributed by atoms with van der Waals surface area (Å²) in [5.41, 5.74) is 2.53. The van der Waals surface area contributed by atoms with Crippen molar-refractivity contribution < 1.29 is 14.0 Å². The van der Waals surface area contributed by atoms with Gasteiger partial charge in [0.05, 0.1) is 16.1 Å². The second-order valence-electron chi connectivity index (χ2n) is 6.31. The smallest absolute Gasteiger partial charge is 0.231 e. The van der Waals surface area contributed by atoms with Crippen LogP contribution < -0.4 is 10.2 Å². The van der Waals surface area contributed by atoms with E-state index in [0.717, 1.165) is 15.8 Å². The molecule has 2 heterocycles. The zero-order chi connectivity index (χ0) is 18.3. The molecule has 1 aromatic heterocycles. The Kier molecular flexibility index (Phi) is 4.16. The number of halogens is 1. The molecule has 1 aliphatic rings. The topological polar surface area (TPSA) is 62.3 Å². The van der Waals surface area contributed by atoms with Crippen molar-refractivity contribution >= 4 is 44.2 Å². The number of para-hydroxylation sites is 1. The highest BCUT2D eigenvalue weighted by molar-refractivity contribution is 7.22. The minimum atomic E-state index is -0.458. The standard InChI is InChI=1S/C19H16FN3O2S/c1-11-3-2-4-15-17(11)21-19(26-15)22-18(25)12-9-16(24)23(10-12)14-7-5-13(20)6-8-14/h2-8,12H,9-10H2,1H3,(H,21,22,25). The van der Waals surface area contributed by atoms with Gasteiger partial charge in [-0.05, 0) is 42.8 Å². The molecule has 132 valence electrons. The monoisotopic (exact) mass is 369 g/mol. The zero-order valence-electron chi connectivity index (χ0n) is 14.0. The molecule has 5 nitrogen and oxygen atoms in total. The minimum absolute atomic E-state index is 0.132. The molecule has 1 N–H and O–H groups in total. The molecule has 1 atom stereocenters. The fraction of sp³-hybridized carbons (Fsp3) is 0.211. The van der Waals surface area contributed by atoms with Crippen LogP contribution in [0.15, 0.2) is 42.5 Å². The lowest BCUT2D eigenvalue weighted by molar-refractivity contribution is -0.122. The number of benzene rings is 2. The molecule has 0 saturated carbocycles. The maximum Gasteiger partial charge on any atom is 0.231 e. The van der Waals surface area contributed by atoms with Crippen LogP contribution in [0.1, 0.15) is 12.0 Å². The lowest BCUT2D eigenvalue weighted by atomic mass is 10.1. The first-order valence-corrected chi connectivity index (χ1v) is 9.06. The highest BCUT2D eigenvalue weighted by Gasteiger charge is 2.35. The summed E-state index contributed by atoms with van der Waals surface area (Å²) in [6.45, 7) is 2.25. The van der Waals surface area contributed by atoms with Crippen molar-refractivity contribution in [3.8, 4) is 0 Å². The Balaban J connectivity index is 1.49. The Morgan fingerprint density at radius 3 is 2.77 bits per heavy atom. The number of rotatable bonds is 3. The molecule has 0 bridgehead atoms. The van der Waals surface area contributed by atoms with Gasteiger partial charge in [-0.1, -0.05) is 23.5 Å². The van der Waals surface area contributed by atoms with E-state index in [9.17, 15) is 14.0 Å². The van der Waals surface area contributed by atoms with Crippen LogP contribution in [-0.2, 0) is 9.59 Å². The number of amides is 2. The number of hydrogen-bond donors (Lipinski definition) is 1. The Bertz CT molecular complexity index is 1000. The molecule has 0 radical (unpaired) electrons. The molecule has 1 saturated heterocycles. The van der Waals surface area contributed by atoms with E-state index >= 15 is 0 Å². The van der Waals surface area contributed by atoms with Gasteiger partial charge in [0.1, 0.15) is 5.82 Å². The van der Waals surface area contributed by atoms with Crippen LogP contribution in [0.25, 0.3) is 10.2 Å². The number of carbonyl (C=O) groups excluding carboxylic acids is 2. The number of carbonyl (C=O) groups is 2. The maximum absolute atomic E-state index is 13.1. The summed E-state index contributed by atoms with van der Waals surface area (Å²) in [5, 5.41) is 3.37. The minimum Gasteiger partial charge on any atom is -0.312 e. The van der Waals surface area contributed by atoms with Gasteiger partial charge in [0.2, 0.25) is 11.8 Å². The van der Waals surface area contributed by atoms with Crippen LogP contribution in [0.4, 0.5) is 15.2 Å². The predicted molar refractivity (Wildman–Crippen MR) is 99.8 cm³/mol. The van der Waals surface area contributed by atoms with Gasteiger partial charge in [0.25, 0.3) is 0 Å². The Morgan fingerprint density at radius 1 is 1.27 bits per heavy atom. The summed E-state index contributed by atoms with van der Waals surface area (Å²) in [4.78, 5) is 30.8. The molecule has 7 heteroatoms. The summed E-state index contributed by atoms with van der Waals surface area (Å²) in [6.07, 6.45) is 0.132. The number of aryl methyl sites for hydroxylation is 1. The summed E-state index contributed by atoms with van der Waals surface area (Å²) < 4.78 is 14.1. The third-order valence-electron chi connectivity index (χ3n) is 4.48. The Morgan fingerprint density at radius 2 is 2.04 bits per heavy atom. The fourth-order valence-corrected chi connectivity index (χ4v) is 4.05. The molecule has 1 unspecified atom stereocenters. The van der Waals surface area contributed by atoms with E-state index in [-0.39, 0.29) is 30.6 Å². The molecule has 2 amide bonds. The summed E-state index contributed by atoms with van der Waals surface area (Å²) in [5.74, 6) is -1.18. The van der Waals surface area contributed by atoms with Crippen molar-refractivity contribution in [2.75, 3.05) is 16.8 Å². The van der Waals surface area contributed by atoms with Crippen LogP contribution in [0.3, 0.4) is 0 Å². The highest BCUT2D eigenvalue weighted by Crippen LogP contribution is 2.30. The van der Waals surface area contributed by atoms with Crippen LogP contribution in [0.2, 0.25) is 0 Å². The second-order valence-corrected chi connectivity index (χ2v) is 7.34. The van der Waals surface area contributed by atoms with E-state index in [1.54, 1.807) is 12.1 Å². The predicted octanol–water partition coefficient (Wildman–Crippen LogP) is 3.74. The largest absolute Gasteiger partial charge is 0.312 e. The number of thiazole rings is 1. The summed E-state index contributed by atoms with van der Waals surface area (Å²) >= 11 is 1.41. The molecule has 4 rings (SSSR count). The van der Waals surface area contributed by atoms with Gasteiger partial charge in [0, 0.05) is 18.7 Å². The Labute approximate surface area is 153 Å². The summed E-state index contributed by atoms with van der Waals surface area (Å²) in [6, 6.07) is 11.6. The zero-order valence-corrected chi connectivity index (χ0v) is 14.8. The van der Waals surface area contributed by atoms with E-state index < -0.39 is 5.92 Å². The van der Waals surface area contributed by atoms with Crippen molar-refractivity contribution in [1.29, 1.82) is 0 Å². The average molecular weight is 369 g/mol. The molecular formula is C19H16FN3O2S. The number of aromatic nitrogens is 1. The molecule has 0 spiro atoms. The van der Waals surface area contributed by atoms with Crippen molar-refractivity contribution in [3.63, 3.8) is 0 Å². The van der Waals surface area contributed by atoms with Crippen LogP contribution >= 0.6 is 11.3 Å². The van der Waals surface area contributed by atoms with E-state index in [0.29, 0.717) is 10.8 Å². The van der Waals surface area contributed by atoms with E-state index in [4.69, 9.17) is 0 Å². The number of hydrogen-bond acceptors (Lipinski definition) is 4. The van der Waals surface area contributed by atoms with Crippen LogP contribution in [0, 0.1) is 18.7 Å². The highest BCUT2D eigenvalue weighted by atomic mass is 32.1. The molecule has 2 aromatic carbocycles.